The molecule has 1 aromatic carbocycles. The average molecular weight is 596 g/mol. The maximum Gasteiger partial charge on any atom is 0.306 e. The number of hydrogen-bond acceptors (Lipinski definition) is 9. The lowest BCUT2D eigenvalue weighted by Crippen LogP contribution is -2.61. The maximum atomic E-state index is 13.4. The Morgan fingerprint density at radius 1 is 1.09 bits per heavy atom. The lowest BCUT2D eigenvalue weighted by Gasteiger charge is -2.59. The molecular weight excluding hydrogens is 554 g/mol. The molecule has 10 heteroatoms. The SMILES string of the molecule is C[C@]12C=CC(=O)C=C1CC[C@@H]1[C@@H]2[C@H](O)C[C@@]2(C)[C@H]1CC[C@@]2(O)C(=O)COC(=O)CCC(=O)NCCc1ccc(O)c(O)c1. The third-order valence-electron chi connectivity index (χ3n) is 10.8. The predicted molar refractivity (Wildman–Crippen MR) is 155 cm³/mol. The Labute approximate surface area is 250 Å². The van der Waals surface area contributed by atoms with Crippen molar-refractivity contribution >= 4 is 23.4 Å². The van der Waals surface area contributed by atoms with Crippen LogP contribution in [0.4, 0.5) is 0 Å². The number of carbonyl (C=O) groups is 4. The van der Waals surface area contributed by atoms with Crippen LogP contribution < -0.4 is 5.32 Å². The van der Waals surface area contributed by atoms with Gasteiger partial charge >= 0.3 is 5.97 Å². The van der Waals surface area contributed by atoms with E-state index in [1.807, 2.05) is 13.0 Å². The molecule has 3 fully saturated rings. The zero-order chi connectivity index (χ0) is 31.2. The number of allylic oxidation sites excluding steroid dienone is 4. The summed E-state index contributed by atoms with van der Waals surface area (Å²) in [6.07, 6.45) is 7.00. The van der Waals surface area contributed by atoms with Crippen molar-refractivity contribution in [2.24, 2.45) is 28.6 Å². The minimum atomic E-state index is -1.75. The van der Waals surface area contributed by atoms with Crippen molar-refractivity contribution in [1.82, 2.24) is 5.32 Å². The first-order chi connectivity index (χ1) is 20.3. The lowest BCUT2D eigenvalue weighted by molar-refractivity contribution is -0.181. The van der Waals surface area contributed by atoms with E-state index in [0.717, 1.165) is 24.0 Å². The van der Waals surface area contributed by atoms with E-state index in [9.17, 15) is 39.6 Å². The van der Waals surface area contributed by atoms with Crippen LogP contribution in [0.5, 0.6) is 11.5 Å². The first kappa shape index (κ1) is 30.9. The van der Waals surface area contributed by atoms with E-state index in [1.165, 1.54) is 12.1 Å². The number of aliphatic hydroxyl groups is 2. The van der Waals surface area contributed by atoms with Crippen LogP contribution in [0.1, 0.15) is 64.4 Å². The first-order valence-electron chi connectivity index (χ1n) is 15.1. The molecule has 0 unspecified atom stereocenters. The highest BCUT2D eigenvalue weighted by Crippen LogP contribution is 2.67. The van der Waals surface area contributed by atoms with Crippen molar-refractivity contribution in [2.75, 3.05) is 13.2 Å². The number of ether oxygens (including phenoxy) is 1. The molecule has 5 N–H and O–H groups in total. The Morgan fingerprint density at radius 2 is 1.86 bits per heavy atom. The van der Waals surface area contributed by atoms with Gasteiger partial charge in [-0.2, -0.15) is 0 Å². The summed E-state index contributed by atoms with van der Waals surface area (Å²) in [5, 5.41) is 44.9. The van der Waals surface area contributed by atoms with Crippen molar-refractivity contribution in [3.8, 4) is 11.5 Å². The molecule has 0 saturated heterocycles. The minimum absolute atomic E-state index is 0.0100. The van der Waals surface area contributed by atoms with Gasteiger partial charge in [0.2, 0.25) is 11.7 Å². The second kappa shape index (κ2) is 11.5. The monoisotopic (exact) mass is 595 g/mol. The number of benzene rings is 1. The van der Waals surface area contributed by atoms with Gasteiger partial charge < -0.3 is 30.5 Å². The van der Waals surface area contributed by atoms with Crippen LogP contribution in [-0.4, -0.2) is 68.7 Å². The largest absolute Gasteiger partial charge is 0.504 e. The predicted octanol–water partition coefficient (Wildman–Crippen LogP) is 2.66. The van der Waals surface area contributed by atoms with E-state index < -0.39 is 40.9 Å². The topological polar surface area (TPSA) is 170 Å². The molecule has 0 radical (unpaired) electrons. The summed E-state index contributed by atoms with van der Waals surface area (Å²) < 4.78 is 5.19. The number of carbonyl (C=O) groups excluding carboxylic acids is 4. The fraction of sp³-hybridized carbons (Fsp3) is 0.576. The van der Waals surface area contributed by atoms with Crippen LogP contribution in [0.15, 0.2) is 42.0 Å². The Hall–Kier alpha value is -3.50. The molecule has 4 aliphatic carbocycles. The Kier molecular flexibility index (Phi) is 8.30. The number of fused-ring (bicyclic) bond motifs is 5. The fourth-order valence-corrected chi connectivity index (χ4v) is 8.50. The zero-order valence-electron chi connectivity index (χ0n) is 24.7. The Bertz CT molecular complexity index is 1380. The summed E-state index contributed by atoms with van der Waals surface area (Å²) in [5.74, 6) is -2.27. The van der Waals surface area contributed by atoms with E-state index >= 15 is 0 Å². The standard InChI is InChI=1S/C33H41NO9/c1-31-12-9-21(35)16-20(31)4-5-22-23-10-13-33(42,32(23,2)17-26(38)30(22)31)27(39)18-43-29(41)8-7-28(40)34-14-11-19-3-6-24(36)25(37)15-19/h3,6,9,12,15-16,22-23,26,30,36-38,42H,4-5,7-8,10-11,13-14,17-18H2,1-2H3,(H,34,40)/t22-,23-,26+,30+,31-,32-,33+/m0/s1. The Morgan fingerprint density at radius 3 is 2.60 bits per heavy atom. The van der Waals surface area contributed by atoms with Crippen LogP contribution in [-0.2, 0) is 30.3 Å². The maximum absolute atomic E-state index is 13.4. The Balaban J connectivity index is 1.13. The van der Waals surface area contributed by atoms with Gasteiger partial charge in [-0.15, -0.1) is 0 Å². The molecular formula is C33H41NO9. The molecule has 232 valence electrons. The second-order valence-corrected chi connectivity index (χ2v) is 13.1. The molecule has 10 nitrogen and oxygen atoms in total. The van der Waals surface area contributed by atoms with Crippen LogP contribution in [0.2, 0.25) is 0 Å². The number of Topliss-reactive ketones (excluding diaryl/α,β-unsaturated/α-hetero) is 1. The number of aromatic hydroxyl groups is 2. The summed E-state index contributed by atoms with van der Waals surface area (Å²) in [6.45, 7) is 3.59. The van der Waals surface area contributed by atoms with Crippen LogP contribution in [0.3, 0.4) is 0 Å². The molecule has 43 heavy (non-hydrogen) atoms. The number of ketones is 2. The van der Waals surface area contributed by atoms with Gasteiger partial charge in [0.1, 0.15) is 5.60 Å². The number of esters is 1. The zero-order valence-corrected chi connectivity index (χ0v) is 24.7. The summed E-state index contributed by atoms with van der Waals surface area (Å²) in [7, 11) is 0. The smallest absolute Gasteiger partial charge is 0.306 e. The van der Waals surface area contributed by atoms with Gasteiger partial charge in [0.25, 0.3) is 0 Å². The van der Waals surface area contributed by atoms with Gasteiger partial charge in [-0.05, 0) is 80.2 Å². The van der Waals surface area contributed by atoms with Crippen molar-refractivity contribution < 1.29 is 44.3 Å². The van der Waals surface area contributed by atoms with Gasteiger partial charge in [0.15, 0.2) is 23.9 Å². The van der Waals surface area contributed by atoms with Crippen molar-refractivity contribution in [2.45, 2.75) is 76.9 Å². The number of rotatable bonds is 9. The van der Waals surface area contributed by atoms with E-state index in [2.05, 4.69) is 12.2 Å². The normalized spacial score (nSPS) is 34.4. The third-order valence-corrected chi connectivity index (χ3v) is 10.8. The molecule has 1 amide bonds. The first-order valence-corrected chi connectivity index (χ1v) is 15.1. The highest BCUT2D eigenvalue weighted by Gasteiger charge is 2.68. The van der Waals surface area contributed by atoms with E-state index in [-0.39, 0.29) is 73.2 Å². The van der Waals surface area contributed by atoms with Gasteiger partial charge in [0.05, 0.1) is 12.5 Å². The van der Waals surface area contributed by atoms with E-state index in [0.29, 0.717) is 12.8 Å². The number of phenols is 2. The fourth-order valence-electron chi connectivity index (χ4n) is 8.50. The molecule has 0 bridgehead atoms. The van der Waals surface area contributed by atoms with Crippen molar-refractivity contribution in [1.29, 1.82) is 0 Å². The number of amides is 1. The minimum Gasteiger partial charge on any atom is -0.504 e. The molecule has 5 rings (SSSR count). The summed E-state index contributed by atoms with van der Waals surface area (Å²) in [5.41, 5.74) is -1.34. The lowest BCUT2D eigenvalue weighted by atomic mass is 9.46. The van der Waals surface area contributed by atoms with Crippen LogP contribution in [0.25, 0.3) is 0 Å². The average Bonchev–Trinajstić information content (AvgIpc) is 3.23. The molecule has 7 atom stereocenters. The molecule has 0 heterocycles. The molecule has 0 aliphatic heterocycles. The highest BCUT2D eigenvalue weighted by molar-refractivity contribution is 6.01. The third kappa shape index (κ3) is 5.51. The van der Waals surface area contributed by atoms with Gasteiger partial charge in [0, 0.05) is 29.7 Å². The summed E-state index contributed by atoms with van der Waals surface area (Å²) in [4.78, 5) is 50.0. The van der Waals surface area contributed by atoms with Crippen LogP contribution in [0, 0.1) is 28.6 Å². The molecule has 0 aromatic heterocycles. The highest BCUT2D eigenvalue weighted by atomic mass is 16.5. The van der Waals surface area contributed by atoms with E-state index in [4.69, 9.17) is 4.74 Å². The molecule has 4 aliphatic rings. The summed E-state index contributed by atoms with van der Waals surface area (Å²) in [6, 6.07) is 4.40. The van der Waals surface area contributed by atoms with Crippen LogP contribution >= 0.6 is 0 Å². The molecule has 0 spiro atoms. The summed E-state index contributed by atoms with van der Waals surface area (Å²) >= 11 is 0. The quantitative estimate of drug-likeness (QED) is 0.213. The number of nitrogens with one attached hydrogen (secondary N) is 1. The molecule has 3 saturated carbocycles. The number of hydrogen-bond donors (Lipinski definition) is 5. The molecule has 1 aromatic rings. The van der Waals surface area contributed by atoms with Gasteiger partial charge in [-0.25, -0.2) is 0 Å². The number of aliphatic hydroxyl groups excluding tert-OH is 1. The van der Waals surface area contributed by atoms with Gasteiger partial charge in [-0.3, -0.25) is 19.2 Å². The van der Waals surface area contributed by atoms with Gasteiger partial charge in [-0.1, -0.05) is 31.6 Å². The van der Waals surface area contributed by atoms with Crippen molar-refractivity contribution in [3.63, 3.8) is 0 Å². The number of phenolic OH excluding ortho intramolecular Hbond substituents is 2. The van der Waals surface area contributed by atoms with E-state index in [1.54, 1.807) is 18.2 Å². The van der Waals surface area contributed by atoms with Crippen molar-refractivity contribution in [3.05, 3.63) is 47.6 Å². The second-order valence-electron chi connectivity index (χ2n) is 13.1.